The number of halogens is 2. The Bertz CT molecular complexity index is 1100. The van der Waals surface area contributed by atoms with Crippen LogP contribution in [-0.4, -0.2) is 55.5 Å². The first-order chi connectivity index (χ1) is 16.5. The molecule has 1 fully saturated rings. The normalized spacial score (nSPS) is 15.2. The minimum absolute atomic E-state index is 0.0683. The van der Waals surface area contributed by atoms with Gasteiger partial charge >= 0.3 is 0 Å². The molecule has 0 radical (unpaired) electrons. The molecule has 0 aliphatic carbocycles. The van der Waals surface area contributed by atoms with E-state index in [1.165, 1.54) is 24.3 Å². The number of hydrogen-bond acceptors (Lipinski definition) is 4. The van der Waals surface area contributed by atoms with Gasteiger partial charge in [0.2, 0.25) is 0 Å². The van der Waals surface area contributed by atoms with Crippen LogP contribution in [0.2, 0.25) is 5.02 Å². The van der Waals surface area contributed by atoms with Crippen LogP contribution in [0.15, 0.2) is 72.8 Å². The molecule has 0 aromatic heterocycles. The second-order valence-electron chi connectivity index (χ2n) is 8.31. The summed E-state index contributed by atoms with van der Waals surface area (Å²) >= 11 is 6.13. The van der Waals surface area contributed by atoms with E-state index in [0.29, 0.717) is 36.8 Å². The number of ether oxygens (including phenoxy) is 2. The molecule has 0 unspecified atom stereocenters. The third-order valence-corrected chi connectivity index (χ3v) is 6.22. The standard InChI is InChI=1S/C27H28ClFN2O3/c1-33-25-7-3-5-22(17-25)26(34-19-20-4-2-6-23(28)16-20)18-30-12-14-31(15-13-30)27(32)21-8-10-24(29)11-9-21/h2-11,16-17,26H,12-15,18-19H2,1H3/t26-/m0/s1. The van der Waals surface area contributed by atoms with Gasteiger partial charge in [-0.05, 0) is 59.7 Å². The van der Waals surface area contributed by atoms with Crippen LogP contribution in [0, 0.1) is 5.82 Å². The van der Waals surface area contributed by atoms with Gasteiger partial charge in [-0.1, -0.05) is 35.9 Å². The molecule has 1 heterocycles. The molecule has 0 N–H and O–H groups in total. The van der Waals surface area contributed by atoms with Crippen molar-refractivity contribution in [3.63, 3.8) is 0 Å². The fourth-order valence-electron chi connectivity index (χ4n) is 4.06. The monoisotopic (exact) mass is 482 g/mol. The van der Waals surface area contributed by atoms with Gasteiger partial charge in [0.05, 0.1) is 19.8 Å². The summed E-state index contributed by atoms with van der Waals surface area (Å²) in [4.78, 5) is 16.9. The van der Waals surface area contributed by atoms with E-state index in [4.69, 9.17) is 21.1 Å². The quantitative estimate of drug-likeness (QED) is 0.442. The maximum atomic E-state index is 13.2. The van der Waals surface area contributed by atoms with Gasteiger partial charge in [0, 0.05) is 43.3 Å². The number of rotatable bonds is 8. The second-order valence-corrected chi connectivity index (χ2v) is 8.74. The van der Waals surface area contributed by atoms with Gasteiger partial charge < -0.3 is 14.4 Å². The first kappa shape index (κ1) is 24.2. The van der Waals surface area contributed by atoms with Crippen LogP contribution in [0.4, 0.5) is 4.39 Å². The summed E-state index contributed by atoms with van der Waals surface area (Å²) in [6.45, 7) is 3.80. The number of methoxy groups -OCH3 is 1. The van der Waals surface area contributed by atoms with Crippen molar-refractivity contribution in [2.75, 3.05) is 39.8 Å². The highest BCUT2D eigenvalue weighted by molar-refractivity contribution is 6.30. The van der Waals surface area contributed by atoms with Gasteiger partial charge in [-0.15, -0.1) is 0 Å². The first-order valence-corrected chi connectivity index (χ1v) is 11.7. The molecule has 0 saturated carbocycles. The fourth-order valence-corrected chi connectivity index (χ4v) is 4.28. The molecule has 178 valence electrons. The lowest BCUT2D eigenvalue weighted by atomic mass is 10.1. The van der Waals surface area contributed by atoms with Crippen molar-refractivity contribution in [3.8, 4) is 5.75 Å². The highest BCUT2D eigenvalue weighted by atomic mass is 35.5. The molecule has 7 heteroatoms. The highest BCUT2D eigenvalue weighted by Crippen LogP contribution is 2.25. The molecule has 5 nitrogen and oxygen atoms in total. The highest BCUT2D eigenvalue weighted by Gasteiger charge is 2.25. The molecule has 0 spiro atoms. The summed E-state index contributed by atoms with van der Waals surface area (Å²) in [6, 6.07) is 21.3. The maximum absolute atomic E-state index is 13.2. The molecular weight excluding hydrogens is 455 g/mol. The van der Waals surface area contributed by atoms with Crippen LogP contribution >= 0.6 is 11.6 Å². The Kier molecular flexibility index (Phi) is 8.16. The third kappa shape index (κ3) is 6.35. The maximum Gasteiger partial charge on any atom is 0.253 e. The SMILES string of the molecule is COc1cccc([C@H](CN2CCN(C(=O)c3ccc(F)cc3)CC2)OCc2cccc(Cl)c2)c1. The van der Waals surface area contributed by atoms with Gasteiger partial charge in [0.1, 0.15) is 11.6 Å². The Labute approximate surface area is 204 Å². The minimum Gasteiger partial charge on any atom is -0.497 e. The second kappa shape index (κ2) is 11.5. The predicted molar refractivity (Wildman–Crippen MR) is 131 cm³/mol. The number of carbonyl (C=O) groups excluding carboxylic acids is 1. The fraction of sp³-hybridized carbons (Fsp3) is 0.296. The lowest BCUT2D eigenvalue weighted by Crippen LogP contribution is -2.49. The van der Waals surface area contributed by atoms with E-state index in [2.05, 4.69) is 4.90 Å². The van der Waals surface area contributed by atoms with Crippen molar-refractivity contribution in [3.05, 3.63) is 100 Å². The topological polar surface area (TPSA) is 42.0 Å². The van der Waals surface area contributed by atoms with Crippen molar-refractivity contribution in [1.29, 1.82) is 0 Å². The van der Waals surface area contributed by atoms with Gasteiger partial charge in [-0.25, -0.2) is 4.39 Å². The lowest BCUT2D eigenvalue weighted by molar-refractivity contribution is 0.00333. The average Bonchev–Trinajstić information content (AvgIpc) is 2.87. The van der Waals surface area contributed by atoms with Gasteiger partial charge in [-0.2, -0.15) is 0 Å². The molecule has 1 amide bonds. The number of amides is 1. The number of hydrogen-bond donors (Lipinski definition) is 0. The molecule has 1 aliphatic heterocycles. The molecule has 1 saturated heterocycles. The van der Waals surface area contributed by atoms with Gasteiger partial charge in [0.15, 0.2) is 0 Å². The smallest absolute Gasteiger partial charge is 0.253 e. The van der Waals surface area contributed by atoms with Crippen LogP contribution in [0.25, 0.3) is 0 Å². The molecule has 1 aliphatic rings. The van der Waals surface area contributed by atoms with Crippen LogP contribution in [-0.2, 0) is 11.3 Å². The number of nitrogens with zero attached hydrogens (tertiary/aromatic N) is 2. The van der Waals surface area contributed by atoms with E-state index in [1.807, 2.05) is 53.4 Å². The Balaban J connectivity index is 1.40. The minimum atomic E-state index is -0.345. The molecule has 34 heavy (non-hydrogen) atoms. The van der Waals surface area contributed by atoms with E-state index in [0.717, 1.165) is 30.0 Å². The zero-order valence-electron chi connectivity index (χ0n) is 19.1. The molecule has 4 rings (SSSR count). The number of benzene rings is 3. The zero-order chi connectivity index (χ0) is 23.9. The lowest BCUT2D eigenvalue weighted by Gasteiger charge is -2.36. The van der Waals surface area contributed by atoms with Crippen molar-refractivity contribution in [2.45, 2.75) is 12.7 Å². The van der Waals surface area contributed by atoms with E-state index < -0.39 is 0 Å². The van der Waals surface area contributed by atoms with E-state index in [9.17, 15) is 9.18 Å². The van der Waals surface area contributed by atoms with Gasteiger partial charge in [0.25, 0.3) is 5.91 Å². The van der Waals surface area contributed by atoms with Crippen molar-refractivity contribution in [2.24, 2.45) is 0 Å². The van der Waals surface area contributed by atoms with Crippen molar-refractivity contribution >= 4 is 17.5 Å². The zero-order valence-corrected chi connectivity index (χ0v) is 19.9. The molecule has 0 bridgehead atoms. The van der Waals surface area contributed by atoms with E-state index in [-0.39, 0.29) is 17.8 Å². The Morgan fingerprint density at radius 1 is 1.00 bits per heavy atom. The van der Waals surface area contributed by atoms with E-state index >= 15 is 0 Å². The van der Waals surface area contributed by atoms with Crippen LogP contribution < -0.4 is 4.74 Å². The van der Waals surface area contributed by atoms with Crippen LogP contribution in [0.3, 0.4) is 0 Å². The molecule has 1 atom stereocenters. The van der Waals surface area contributed by atoms with Crippen molar-refractivity contribution < 1.29 is 18.7 Å². The summed E-state index contributed by atoms with van der Waals surface area (Å²) in [5.41, 5.74) is 2.55. The number of carbonyl (C=O) groups is 1. The Morgan fingerprint density at radius 3 is 2.44 bits per heavy atom. The molecular formula is C27H28ClFN2O3. The van der Waals surface area contributed by atoms with E-state index in [1.54, 1.807) is 7.11 Å². The summed E-state index contributed by atoms with van der Waals surface area (Å²) in [5.74, 6) is 0.368. The molecule has 3 aromatic rings. The predicted octanol–water partition coefficient (Wildman–Crippen LogP) is 5.20. The Hall–Kier alpha value is -2.93. The van der Waals surface area contributed by atoms with Crippen LogP contribution in [0.5, 0.6) is 5.75 Å². The third-order valence-electron chi connectivity index (χ3n) is 5.98. The summed E-state index contributed by atoms with van der Waals surface area (Å²) in [7, 11) is 1.65. The summed E-state index contributed by atoms with van der Waals surface area (Å²) in [5, 5.41) is 0.681. The van der Waals surface area contributed by atoms with Crippen LogP contribution in [0.1, 0.15) is 27.6 Å². The largest absolute Gasteiger partial charge is 0.497 e. The molecule has 3 aromatic carbocycles. The summed E-state index contributed by atoms with van der Waals surface area (Å²) < 4.78 is 24.9. The Morgan fingerprint density at radius 2 is 1.74 bits per heavy atom. The van der Waals surface area contributed by atoms with Crippen molar-refractivity contribution in [1.82, 2.24) is 9.80 Å². The van der Waals surface area contributed by atoms with Gasteiger partial charge in [-0.3, -0.25) is 9.69 Å². The average molecular weight is 483 g/mol. The first-order valence-electron chi connectivity index (χ1n) is 11.3. The summed E-state index contributed by atoms with van der Waals surface area (Å²) in [6.07, 6.45) is -0.173. The number of piperazine rings is 1.